The van der Waals surface area contributed by atoms with Gasteiger partial charge in [0.25, 0.3) is 0 Å². The Hall–Kier alpha value is -1.91. The monoisotopic (exact) mass is 290 g/mol. The third-order valence-corrected chi connectivity index (χ3v) is 5.33. The summed E-state index contributed by atoms with van der Waals surface area (Å²) in [6.45, 7) is 6.44. The van der Waals surface area contributed by atoms with Gasteiger partial charge in [0.2, 0.25) is 0 Å². The fraction of sp³-hybridized carbons (Fsp3) is 0.200. The highest BCUT2D eigenvalue weighted by molar-refractivity contribution is 7.99. The molecule has 2 atom stereocenters. The van der Waals surface area contributed by atoms with Gasteiger partial charge in [-0.05, 0) is 29.7 Å². The van der Waals surface area contributed by atoms with Crippen molar-refractivity contribution >= 4 is 17.3 Å². The summed E-state index contributed by atoms with van der Waals surface area (Å²) in [5, 5.41) is 0. The number of thioether (sulfide) groups is 1. The molecular weight excluding hydrogens is 272 g/mol. The Kier molecular flexibility index (Phi) is 3.90. The van der Waals surface area contributed by atoms with Gasteiger partial charge in [0, 0.05) is 16.6 Å². The number of rotatable bonds is 2. The van der Waals surface area contributed by atoms with Crippen molar-refractivity contribution < 1.29 is 0 Å². The molecule has 0 aromatic heterocycles. The first kappa shape index (κ1) is 14.0. The molecule has 0 fully saturated rings. The number of fused-ring (bicyclic) bond motifs is 1. The van der Waals surface area contributed by atoms with Crippen LogP contribution in [0.25, 0.3) is 5.57 Å². The van der Waals surface area contributed by atoms with Crippen molar-refractivity contribution in [3.05, 3.63) is 71.8 Å². The second-order valence-electron chi connectivity index (χ2n) is 5.49. The maximum absolute atomic E-state index is 5.85. The summed E-state index contributed by atoms with van der Waals surface area (Å²) in [5.74, 6) is 4.42. The van der Waals surface area contributed by atoms with E-state index >= 15 is 0 Å². The molecule has 21 heavy (non-hydrogen) atoms. The van der Waals surface area contributed by atoms with E-state index in [1.54, 1.807) is 0 Å². The van der Waals surface area contributed by atoms with Gasteiger partial charge in [-0.25, -0.2) is 0 Å². The second-order valence-corrected chi connectivity index (χ2v) is 6.55. The lowest BCUT2D eigenvalue weighted by Crippen LogP contribution is -2.20. The molecule has 3 rings (SSSR count). The average molecular weight is 290 g/mol. The Morgan fingerprint density at radius 2 is 1.90 bits per heavy atom. The zero-order valence-electron chi connectivity index (χ0n) is 12.2. The molecular formula is C20H18S. The van der Waals surface area contributed by atoms with Crippen LogP contribution < -0.4 is 0 Å². The molecule has 0 unspecified atom stereocenters. The van der Waals surface area contributed by atoms with E-state index in [2.05, 4.69) is 68.0 Å². The number of aryl methyl sites for hydroxylation is 1. The highest BCUT2D eigenvalue weighted by Gasteiger charge is 2.30. The first-order valence-corrected chi connectivity index (χ1v) is 8.13. The molecule has 0 radical (unpaired) electrons. The van der Waals surface area contributed by atoms with Gasteiger partial charge in [0.05, 0.1) is 5.92 Å². The Bertz CT molecular complexity index is 703. The minimum atomic E-state index is 0.122. The molecule has 1 heterocycles. The molecule has 104 valence electrons. The number of hydrogen-bond acceptors (Lipinski definition) is 1. The quantitative estimate of drug-likeness (QED) is 0.689. The van der Waals surface area contributed by atoms with Crippen LogP contribution in [0, 0.1) is 25.2 Å². The minimum Gasteiger partial charge on any atom is -0.125 e. The fourth-order valence-electron chi connectivity index (χ4n) is 2.85. The van der Waals surface area contributed by atoms with Gasteiger partial charge in [0.1, 0.15) is 0 Å². The van der Waals surface area contributed by atoms with E-state index in [-0.39, 0.29) is 5.92 Å². The third-order valence-electron chi connectivity index (χ3n) is 4.12. The van der Waals surface area contributed by atoms with Gasteiger partial charge in [0.15, 0.2) is 0 Å². The van der Waals surface area contributed by atoms with Crippen molar-refractivity contribution in [2.45, 2.75) is 17.7 Å². The zero-order valence-corrected chi connectivity index (χ0v) is 13.0. The molecule has 0 bridgehead atoms. The van der Waals surface area contributed by atoms with Crippen molar-refractivity contribution in [1.29, 1.82) is 0 Å². The van der Waals surface area contributed by atoms with Crippen molar-refractivity contribution in [2.75, 3.05) is 5.75 Å². The van der Waals surface area contributed by atoms with Crippen LogP contribution in [0.4, 0.5) is 0 Å². The van der Waals surface area contributed by atoms with Crippen LogP contribution in [0.15, 0.2) is 60.0 Å². The lowest BCUT2D eigenvalue weighted by molar-refractivity contribution is 0.666. The Morgan fingerprint density at radius 3 is 2.62 bits per heavy atom. The van der Waals surface area contributed by atoms with Crippen LogP contribution in [0.3, 0.4) is 0 Å². The van der Waals surface area contributed by atoms with Crippen molar-refractivity contribution in [2.24, 2.45) is 5.92 Å². The summed E-state index contributed by atoms with van der Waals surface area (Å²) in [5.41, 5.74) is 4.89. The van der Waals surface area contributed by atoms with Gasteiger partial charge in [-0.2, -0.15) is 0 Å². The second kappa shape index (κ2) is 5.84. The maximum Gasteiger partial charge on any atom is 0.0537 e. The molecule has 2 aromatic carbocycles. The number of allylic oxidation sites excluding steroid dienone is 1. The molecule has 2 aromatic rings. The van der Waals surface area contributed by atoms with E-state index in [0.717, 1.165) is 11.3 Å². The normalized spacial score (nSPS) is 20.4. The Balaban J connectivity index is 1.94. The first-order valence-electron chi connectivity index (χ1n) is 7.14. The predicted octanol–water partition coefficient (Wildman–Crippen LogP) is 5.15. The van der Waals surface area contributed by atoms with E-state index < -0.39 is 0 Å². The minimum absolute atomic E-state index is 0.122. The summed E-state index contributed by atoms with van der Waals surface area (Å²) in [7, 11) is 0. The predicted molar refractivity (Wildman–Crippen MR) is 92.4 cm³/mol. The number of benzene rings is 2. The van der Waals surface area contributed by atoms with Crippen LogP contribution in [0.1, 0.15) is 22.6 Å². The van der Waals surface area contributed by atoms with E-state index in [0.29, 0.717) is 5.92 Å². The van der Waals surface area contributed by atoms with Crippen LogP contribution in [0.2, 0.25) is 0 Å². The van der Waals surface area contributed by atoms with Crippen molar-refractivity contribution in [3.63, 3.8) is 0 Å². The average Bonchev–Trinajstić information content (AvgIpc) is 2.53. The van der Waals surface area contributed by atoms with E-state index in [1.807, 2.05) is 11.8 Å². The van der Waals surface area contributed by atoms with Crippen LogP contribution in [-0.2, 0) is 0 Å². The Labute approximate surface area is 131 Å². The molecule has 0 N–H and O–H groups in total. The lowest BCUT2D eigenvalue weighted by Gasteiger charge is -2.31. The first-order chi connectivity index (χ1) is 10.2. The topological polar surface area (TPSA) is 0 Å². The molecule has 0 saturated heterocycles. The maximum atomic E-state index is 5.85. The van der Waals surface area contributed by atoms with Gasteiger partial charge in [-0.1, -0.05) is 60.5 Å². The van der Waals surface area contributed by atoms with Crippen LogP contribution in [0.5, 0.6) is 0 Å². The highest BCUT2D eigenvalue weighted by Crippen LogP contribution is 2.45. The molecule has 0 saturated carbocycles. The van der Waals surface area contributed by atoms with Crippen LogP contribution in [-0.4, -0.2) is 5.75 Å². The van der Waals surface area contributed by atoms with Crippen molar-refractivity contribution in [3.8, 4) is 12.3 Å². The molecule has 0 amide bonds. The smallest absolute Gasteiger partial charge is 0.0537 e. The largest absolute Gasteiger partial charge is 0.125 e. The zero-order chi connectivity index (χ0) is 14.8. The lowest BCUT2D eigenvalue weighted by atomic mass is 9.80. The summed E-state index contributed by atoms with van der Waals surface area (Å²) < 4.78 is 0. The third kappa shape index (κ3) is 2.64. The highest BCUT2D eigenvalue weighted by atomic mass is 32.2. The molecule has 1 aliphatic rings. The van der Waals surface area contributed by atoms with Gasteiger partial charge in [-0.15, -0.1) is 18.2 Å². The fourth-order valence-corrected chi connectivity index (χ4v) is 4.14. The van der Waals surface area contributed by atoms with Crippen LogP contribution >= 0.6 is 11.8 Å². The van der Waals surface area contributed by atoms with E-state index in [4.69, 9.17) is 6.42 Å². The molecule has 1 aliphatic heterocycles. The summed E-state index contributed by atoms with van der Waals surface area (Å²) in [6, 6.07) is 17.0. The van der Waals surface area contributed by atoms with Gasteiger partial charge >= 0.3 is 0 Å². The number of terminal acetylenes is 1. The molecule has 0 aliphatic carbocycles. The van der Waals surface area contributed by atoms with E-state index in [9.17, 15) is 0 Å². The molecule has 0 nitrogen and oxygen atoms in total. The number of hydrogen-bond donors (Lipinski definition) is 0. The summed E-state index contributed by atoms with van der Waals surface area (Å²) >= 11 is 1.89. The standard InChI is InChI=1S/C20H18S/c1-4-17-18-7-5-6-8-20(18)21-13-19(17)15(3)16-11-9-14(2)10-12-16/h1,5-12,17,19H,3,13H2,2H3/t17-,19-/m1/s1. The summed E-state index contributed by atoms with van der Waals surface area (Å²) in [6.07, 6.45) is 5.85. The summed E-state index contributed by atoms with van der Waals surface area (Å²) in [4.78, 5) is 1.31. The van der Waals surface area contributed by atoms with Gasteiger partial charge < -0.3 is 0 Å². The van der Waals surface area contributed by atoms with E-state index in [1.165, 1.54) is 21.6 Å². The molecule has 1 heteroatoms. The molecule has 0 spiro atoms. The van der Waals surface area contributed by atoms with Crippen molar-refractivity contribution in [1.82, 2.24) is 0 Å². The van der Waals surface area contributed by atoms with Gasteiger partial charge in [-0.3, -0.25) is 0 Å². The SMILES string of the molecule is C#C[C@@H]1c2ccccc2SC[C@@H]1C(=C)c1ccc(C)cc1. The Morgan fingerprint density at radius 1 is 1.19 bits per heavy atom.